The third kappa shape index (κ3) is 5.43. The molecule has 2 aromatic rings. The molecule has 0 radical (unpaired) electrons. The Labute approximate surface area is 199 Å². The van der Waals surface area contributed by atoms with E-state index in [-0.39, 0.29) is 17.9 Å². The molecule has 3 fully saturated rings. The molecule has 3 aliphatic carbocycles. The fourth-order valence-electron chi connectivity index (χ4n) is 5.49. The maximum atomic E-state index is 13.1. The summed E-state index contributed by atoms with van der Waals surface area (Å²) in [6.45, 7) is 6.77. The van der Waals surface area contributed by atoms with Gasteiger partial charge in [0.1, 0.15) is 5.75 Å². The highest BCUT2D eigenvalue weighted by Crippen LogP contribution is 2.50. The second-order valence-corrected chi connectivity index (χ2v) is 10.7. The minimum Gasteiger partial charge on any atom is -0.493 e. The standard InChI is InChI=1S/C29H39NO3/c1-21(23-8-6-5-7-9-23)27(31)30-26(28(2,3)32-4)24-10-12-25(13-11-24)33-20-29-17-14-22(15-18-29)16-19-29/h5-13,21-22,26H,14-20H2,1-4H3,(H,30,31)/t21-,22?,26+,29?/m0/s1. The SMILES string of the molecule is COC(C)(C)[C@H](NC(=O)[C@@H](C)c1ccccc1)c1ccc(OCC23CCC(CC2)CC3)cc1. The lowest BCUT2D eigenvalue weighted by atomic mass is 9.61. The van der Waals surface area contributed by atoms with Crippen LogP contribution in [0.2, 0.25) is 0 Å². The van der Waals surface area contributed by atoms with Gasteiger partial charge in [-0.1, -0.05) is 42.5 Å². The molecule has 0 aromatic heterocycles. The van der Waals surface area contributed by atoms with Crippen molar-refractivity contribution in [1.29, 1.82) is 0 Å². The largest absolute Gasteiger partial charge is 0.493 e. The van der Waals surface area contributed by atoms with Gasteiger partial charge in [-0.25, -0.2) is 0 Å². The zero-order chi connectivity index (χ0) is 23.5. The fraction of sp³-hybridized carbons (Fsp3) is 0.552. The molecule has 2 aromatic carbocycles. The summed E-state index contributed by atoms with van der Waals surface area (Å²) in [4.78, 5) is 13.1. The van der Waals surface area contributed by atoms with Crippen molar-refractivity contribution in [3.05, 3.63) is 65.7 Å². The highest BCUT2D eigenvalue weighted by atomic mass is 16.5. The Bertz CT molecular complexity index is 900. The number of benzene rings is 2. The van der Waals surface area contributed by atoms with E-state index >= 15 is 0 Å². The Balaban J connectivity index is 1.44. The van der Waals surface area contributed by atoms with Gasteiger partial charge in [-0.3, -0.25) is 4.79 Å². The monoisotopic (exact) mass is 449 g/mol. The second-order valence-electron chi connectivity index (χ2n) is 10.7. The van der Waals surface area contributed by atoms with E-state index in [2.05, 4.69) is 17.4 Å². The van der Waals surface area contributed by atoms with Gasteiger partial charge in [0, 0.05) is 12.5 Å². The van der Waals surface area contributed by atoms with E-state index in [1.54, 1.807) is 7.11 Å². The van der Waals surface area contributed by atoms with Crippen LogP contribution in [0.5, 0.6) is 5.75 Å². The summed E-state index contributed by atoms with van der Waals surface area (Å²) in [5, 5.41) is 3.24. The quantitative estimate of drug-likeness (QED) is 0.480. The minimum atomic E-state index is -0.561. The maximum Gasteiger partial charge on any atom is 0.227 e. The molecule has 3 saturated carbocycles. The van der Waals surface area contributed by atoms with Gasteiger partial charge in [-0.15, -0.1) is 0 Å². The molecule has 2 atom stereocenters. The van der Waals surface area contributed by atoms with Crippen LogP contribution in [0.4, 0.5) is 0 Å². The Hall–Kier alpha value is -2.33. The molecule has 0 saturated heterocycles. The molecule has 0 aliphatic heterocycles. The fourth-order valence-corrected chi connectivity index (χ4v) is 5.49. The van der Waals surface area contributed by atoms with Crippen molar-refractivity contribution < 1.29 is 14.3 Å². The van der Waals surface area contributed by atoms with Crippen LogP contribution in [0.15, 0.2) is 54.6 Å². The first kappa shape index (κ1) is 23.8. The molecule has 0 heterocycles. The van der Waals surface area contributed by atoms with Crippen molar-refractivity contribution in [2.45, 2.75) is 76.9 Å². The van der Waals surface area contributed by atoms with Crippen molar-refractivity contribution in [3.8, 4) is 5.75 Å². The average molecular weight is 450 g/mol. The van der Waals surface area contributed by atoms with Crippen LogP contribution in [-0.4, -0.2) is 25.2 Å². The Morgan fingerprint density at radius 2 is 1.61 bits per heavy atom. The minimum absolute atomic E-state index is 0.0105. The molecule has 4 heteroatoms. The third-order valence-electron chi connectivity index (χ3n) is 8.21. The van der Waals surface area contributed by atoms with E-state index in [9.17, 15) is 4.79 Å². The van der Waals surface area contributed by atoms with E-state index < -0.39 is 5.60 Å². The molecule has 4 nitrogen and oxygen atoms in total. The van der Waals surface area contributed by atoms with Crippen LogP contribution in [-0.2, 0) is 9.53 Å². The number of carbonyl (C=O) groups is 1. The Morgan fingerprint density at radius 3 is 2.18 bits per heavy atom. The van der Waals surface area contributed by atoms with Crippen LogP contribution in [0.3, 0.4) is 0 Å². The predicted octanol–water partition coefficient (Wildman–Crippen LogP) is 6.42. The topological polar surface area (TPSA) is 47.6 Å². The molecule has 0 spiro atoms. The van der Waals surface area contributed by atoms with Crippen LogP contribution >= 0.6 is 0 Å². The van der Waals surface area contributed by atoms with Gasteiger partial charge in [0.2, 0.25) is 5.91 Å². The maximum absolute atomic E-state index is 13.1. The predicted molar refractivity (Wildman–Crippen MR) is 132 cm³/mol. The number of rotatable bonds is 9. The van der Waals surface area contributed by atoms with Crippen molar-refractivity contribution >= 4 is 5.91 Å². The number of methoxy groups -OCH3 is 1. The molecule has 2 bridgehead atoms. The van der Waals surface area contributed by atoms with Crippen LogP contribution in [0.1, 0.15) is 82.4 Å². The van der Waals surface area contributed by atoms with Gasteiger partial charge in [0.05, 0.1) is 24.2 Å². The summed E-state index contributed by atoms with van der Waals surface area (Å²) >= 11 is 0. The lowest BCUT2D eigenvalue weighted by Crippen LogP contribution is -2.44. The lowest BCUT2D eigenvalue weighted by molar-refractivity contribution is -0.125. The normalized spacial score (nSPS) is 24.2. The van der Waals surface area contributed by atoms with Crippen LogP contribution in [0, 0.1) is 11.3 Å². The number of ether oxygens (including phenoxy) is 2. The van der Waals surface area contributed by atoms with Gasteiger partial charge in [-0.2, -0.15) is 0 Å². The molecular weight excluding hydrogens is 410 g/mol. The van der Waals surface area contributed by atoms with Crippen molar-refractivity contribution in [2.75, 3.05) is 13.7 Å². The van der Waals surface area contributed by atoms with E-state index in [0.29, 0.717) is 5.41 Å². The number of hydrogen-bond acceptors (Lipinski definition) is 3. The van der Waals surface area contributed by atoms with E-state index in [1.165, 1.54) is 38.5 Å². The third-order valence-corrected chi connectivity index (χ3v) is 8.21. The number of fused-ring (bicyclic) bond motifs is 3. The van der Waals surface area contributed by atoms with Crippen molar-refractivity contribution in [1.82, 2.24) is 5.32 Å². The molecule has 178 valence electrons. The Morgan fingerprint density at radius 1 is 1.00 bits per heavy atom. The summed E-state index contributed by atoms with van der Waals surface area (Å²) < 4.78 is 12.1. The highest BCUT2D eigenvalue weighted by molar-refractivity contribution is 5.83. The van der Waals surface area contributed by atoms with Gasteiger partial charge in [0.25, 0.3) is 0 Å². The first-order valence-electron chi connectivity index (χ1n) is 12.5. The first-order chi connectivity index (χ1) is 15.8. The van der Waals surface area contributed by atoms with Gasteiger partial charge < -0.3 is 14.8 Å². The zero-order valence-electron chi connectivity index (χ0n) is 20.6. The number of nitrogens with one attached hydrogen (secondary N) is 1. The molecular formula is C29H39NO3. The lowest BCUT2D eigenvalue weighted by Gasteiger charge is -2.46. The van der Waals surface area contributed by atoms with Crippen LogP contribution < -0.4 is 10.1 Å². The highest BCUT2D eigenvalue weighted by Gasteiger charge is 2.41. The average Bonchev–Trinajstić information content (AvgIpc) is 2.87. The van der Waals surface area contributed by atoms with E-state index in [1.807, 2.05) is 63.2 Å². The van der Waals surface area contributed by atoms with E-state index in [4.69, 9.17) is 9.47 Å². The van der Waals surface area contributed by atoms with Gasteiger partial charge in [-0.05, 0) is 88.5 Å². The molecule has 3 aliphatic rings. The summed E-state index contributed by atoms with van der Waals surface area (Å²) in [7, 11) is 1.69. The van der Waals surface area contributed by atoms with Crippen LogP contribution in [0.25, 0.3) is 0 Å². The zero-order valence-corrected chi connectivity index (χ0v) is 20.6. The molecule has 33 heavy (non-hydrogen) atoms. The summed E-state index contributed by atoms with van der Waals surface area (Å²) in [5.41, 5.74) is 1.84. The van der Waals surface area contributed by atoms with E-state index in [0.717, 1.165) is 29.4 Å². The number of carbonyl (C=O) groups excluding carboxylic acids is 1. The molecule has 5 rings (SSSR count). The summed E-state index contributed by atoms with van der Waals surface area (Å²) in [6, 6.07) is 17.8. The number of amides is 1. The molecule has 0 unspecified atom stereocenters. The summed E-state index contributed by atoms with van der Waals surface area (Å²) in [6.07, 6.45) is 8.05. The van der Waals surface area contributed by atoms with Crippen molar-refractivity contribution in [2.24, 2.45) is 11.3 Å². The summed E-state index contributed by atoms with van der Waals surface area (Å²) in [5.74, 6) is 1.61. The molecule has 1 amide bonds. The van der Waals surface area contributed by atoms with Crippen molar-refractivity contribution in [3.63, 3.8) is 0 Å². The smallest absolute Gasteiger partial charge is 0.227 e. The second kappa shape index (κ2) is 9.89. The van der Waals surface area contributed by atoms with Gasteiger partial charge in [0.15, 0.2) is 0 Å². The Kier molecular flexibility index (Phi) is 7.13. The van der Waals surface area contributed by atoms with Gasteiger partial charge >= 0.3 is 0 Å². The first-order valence-corrected chi connectivity index (χ1v) is 12.5. The molecule has 1 N–H and O–H groups in total. The number of hydrogen-bond donors (Lipinski definition) is 1.